The molecule has 1 rings (SSSR count). The van der Waals surface area contributed by atoms with E-state index in [0.717, 1.165) is 12.1 Å². The number of amides is 1. The highest BCUT2D eigenvalue weighted by molar-refractivity contribution is 5.88. The predicted octanol–water partition coefficient (Wildman–Crippen LogP) is 1.39. The summed E-state index contributed by atoms with van der Waals surface area (Å²) >= 11 is 0. The van der Waals surface area contributed by atoms with Crippen LogP contribution < -0.4 is 0 Å². The molecule has 1 aliphatic heterocycles. The molecule has 1 heterocycles. The quantitative estimate of drug-likeness (QED) is 0.519. The van der Waals surface area contributed by atoms with Crippen LogP contribution in [0.15, 0.2) is 5.10 Å². The van der Waals surface area contributed by atoms with Crippen LogP contribution in [-0.4, -0.2) is 22.2 Å². The highest BCUT2D eigenvalue weighted by Gasteiger charge is 2.34. The molecule has 0 aromatic carbocycles. The number of carbonyl (C=O) groups excluding carboxylic acids is 1. The van der Waals surface area contributed by atoms with Gasteiger partial charge in [0.1, 0.15) is 0 Å². The molecule has 0 atom stereocenters. The summed E-state index contributed by atoms with van der Waals surface area (Å²) in [6, 6.07) is 0. The van der Waals surface area contributed by atoms with E-state index in [4.69, 9.17) is 0 Å². The Balaban J connectivity index is 2.86. The zero-order chi connectivity index (χ0) is 8.65. The standard InChI is InChI=1S/C8H14N2O/c1-6-5-8(3,4)10(9-6)7(2)11/h5H2,1-4H3. The molecule has 0 unspecified atom stereocenters. The highest BCUT2D eigenvalue weighted by Crippen LogP contribution is 2.26. The normalized spacial score (nSPS) is 21.8. The van der Waals surface area contributed by atoms with Gasteiger partial charge in [0.25, 0.3) is 0 Å². The summed E-state index contributed by atoms with van der Waals surface area (Å²) in [5.41, 5.74) is 0.917. The molecule has 0 radical (unpaired) electrons. The maximum absolute atomic E-state index is 11.0. The minimum Gasteiger partial charge on any atom is -0.273 e. The van der Waals surface area contributed by atoms with E-state index in [1.54, 1.807) is 11.9 Å². The molecule has 0 saturated carbocycles. The Morgan fingerprint density at radius 3 is 2.36 bits per heavy atom. The molecule has 0 fully saturated rings. The van der Waals surface area contributed by atoms with Crippen LogP contribution in [0.4, 0.5) is 0 Å². The second-order valence-corrected chi connectivity index (χ2v) is 3.66. The summed E-state index contributed by atoms with van der Waals surface area (Å²) in [4.78, 5) is 11.0. The van der Waals surface area contributed by atoms with Gasteiger partial charge in [-0.15, -0.1) is 0 Å². The van der Waals surface area contributed by atoms with Gasteiger partial charge in [0, 0.05) is 19.1 Å². The van der Waals surface area contributed by atoms with E-state index in [0.29, 0.717) is 0 Å². The Bertz CT molecular complexity index is 218. The lowest BCUT2D eigenvalue weighted by atomic mass is 9.99. The third-order valence-corrected chi connectivity index (χ3v) is 1.83. The van der Waals surface area contributed by atoms with Gasteiger partial charge in [0.2, 0.25) is 5.91 Å². The summed E-state index contributed by atoms with van der Waals surface area (Å²) in [5.74, 6) is 0.0202. The van der Waals surface area contributed by atoms with Crippen molar-refractivity contribution in [1.82, 2.24) is 5.01 Å². The Kier molecular flexibility index (Phi) is 1.74. The van der Waals surface area contributed by atoms with Crippen molar-refractivity contribution in [2.45, 2.75) is 39.7 Å². The number of nitrogens with zero attached hydrogens (tertiary/aromatic N) is 2. The van der Waals surface area contributed by atoms with Gasteiger partial charge in [-0.2, -0.15) is 5.10 Å². The highest BCUT2D eigenvalue weighted by atomic mass is 16.2. The topological polar surface area (TPSA) is 32.7 Å². The van der Waals surface area contributed by atoms with Crippen molar-refractivity contribution < 1.29 is 4.79 Å². The summed E-state index contributed by atoms with van der Waals surface area (Å²) in [6.45, 7) is 7.54. The van der Waals surface area contributed by atoms with Crippen LogP contribution in [0.2, 0.25) is 0 Å². The molecular weight excluding hydrogens is 140 g/mol. The predicted molar refractivity (Wildman–Crippen MR) is 44.3 cm³/mol. The molecule has 62 valence electrons. The van der Waals surface area contributed by atoms with Gasteiger partial charge in [0.15, 0.2) is 0 Å². The smallest absolute Gasteiger partial charge is 0.240 e. The molecule has 0 saturated heterocycles. The molecule has 3 nitrogen and oxygen atoms in total. The number of carbonyl (C=O) groups is 1. The summed E-state index contributed by atoms with van der Waals surface area (Å²) < 4.78 is 0. The maximum atomic E-state index is 11.0. The van der Waals surface area contributed by atoms with Crippen molar-refractivity contribution in [1.29, 1.82) is 0 Å². The molecule has 1 aliphatic rings. The fourth-order valence-corrected chi connectivity index (χ4v) is 1.54. The Morgan fingerprint density at radius 1 is 1.64 bits per heavy atom. The van der Waals surface area contributed by atoms with E-state index in [1.807, 2.05) is 20.8 Å². The molecule has 0 aromatic rings. The molecular formula is C8H14N2O. The third-order valence-electron chi connectivity index (χ3n) is 1.83. The van der Waals surface area contributed by atoms with Crippen LogP contribution in [-0.2, 0) is 4.79 Å². The molecule has 0 spiro atoms. The fraction of sp³-hybridized carbons (Fsp3) is 0.750. The second-order valence-electron chi connectivity index (χ2n) is 3.66. The van der Waals surface area contributed by atoms with Gasteiger partial charge >= 0.3 is 0 Å². The van der Waals surface area contributed by atoms with E-state index in [1.165, 1.54) is 0 Å². The minimum atomic E-state index is -0.115. The number of rotatable bonds is 0. The monoisotopic (exact) mass is 154 g/mol. The summed E-state index contributed by atoms with van der Waals surface area (Å²) in [6.07, 6.45) is 0.882. The second kappa shape index (κ2) is 2.32. The van der Waals surface area contributed by atoms with Crippen molar-refractivity contribution in [2.75, 3.05) is 0 Å². The Hall–Kier alpha value is -0.860. The Morgan fingerprint density at radius 2 is 2.18 bits per heavy atom. The number of hydrogen-bond donors (Lipinski definition) is 0. The minimum absolute atomic E-state index is 0.0202. The van der Waals surface area contributed by atoms with Crippen LogP contribution in [0.3, 0.4) is 0 Å². The molecule has 0 bridgehead atoms. The first-order valence-electron chi connectivity index (χ1n) is 3.78. The molecule has 0 aromatic heterocycles. The summed E-state index contributed by atoms with van der Waals surface area (Å²) in [5, 5.41) is 5.70. The Labute approximate surface area is 67.1 Å². The van der Waals surface area contributed by atoms with Crippen LogP contribution in [0, 0.1) is 0 Å². The van der Waals surface area contributed by atoms with Crippen molar-refractivity contribution in [3.8, 4) is 0 Å². The first-order valence-corrected chi connectivity index (χ1v) is 3.78. The number of hydrogen-bond acceptors (Lipinski definition) is 2. The van der Waals surface area contributed by atoms with E-state index < -0.39 is 0 Å². The first-order chi connectivity index (χ1) is 4.93. The van der Waals surface area contributed by atoms with E-state index in [2.05, 4.69) is 5.10 Å². The van der Waals surface area contributed by atoms with Crippen LogP contribution in [0.1, 0.15) is 34.1 Å². The van der Waals surface area contributed by atoms with Crippen molar-refractivity contribution in [3.05, 3.63) is 0 Å². The van der Waals surface area contributed by atoms with Gasteiger partial charge in [-0.3, -0.25) is 4.79 Å². The van der Waals surface area contributed by atoms with Crippen molar-refractivity contribution in [3.63, 3.8) is 0 Å². The molecule has 1 amide bonds. The zero-order valence-electron chi connectivity index (χ0n) is 7.51. The van der Waals surface area contributed by atoms with Crippen molar-refractivity contribution in [2.24, 2.45) is 5.10 Å². The van der Waals surface area contributed by atoms with Crippen molar-refractivity contribution >= 4 is 11.6 Å². The average Bonchev–Trinajstić information content (AvgIpc) is 2.04. The van der Waals surface area contributed by atoms with Crippen LogP contribution in [0.25, 0.3) is 0 Å². The van der Waals surface area contributed by atoms with Gasteiger partial charge in [0.05, 0.1) is 5.54 Å². The largest absolute Gasteiger partial charge is 0.273 e. The first kappa shape index (κ1) is 8.24. The molecule has 11 heavy (non-hydrogen) atoms. The fourth-order valence-electron chi connectivity index (χ4n) is 1.54. The summed E-state index contributed by atoms with van der Waals surface area (Å²) in [7, 11) is 0. The lowest BCUT2D eigenvalue weighted by molar-refractivity contribution is -0.132. The lowest BCUT2D eigenvalue weighted by Gasteiger charge is -2.27. The van der Waals surface area contributed by atoms with Gasteiger partial charge in [-0.25, -0.2) is 5.01 Å². The van der Waals surface area contributed by atoms with Gasteiger partial charge in [-0.1, -0.05) is 0 Å². The van der Waals surface area contributed by atoms with Gasteiger partial charge < -0.3 is 0 Å². The molecule has 3 heteroatoms. The van der Waals surface area contributed by atoms with Crippen LogP contribution in [0.5, 0.6) is 0 Å². The molecule has 0 aliphatic carbocycles. The third kappa shape index (κ3) is 1.42. The maximum Gasteiger partial charge on any atom is 0.240 e. The zero-order valence-corrected chi connectivity index (χ0v) is 7.51. The molecule has 0 N–H and O–H groups in total. The van der Waals surface area contributed by atoms with E-state index >= 15 is 0 Å². The van der Waals surface area contributed by atoms with E-state index in [-0.39, 0.29) is 11.4 Å². The number of hydrazone groups is 1. The lowest BCUT2D eigenvalue weighted by Crippen LogP contribution is -2.39. The van der Waals surface area contributed by atoms with Crippen LogP contribution >= 0.6 is 0 Å². The van der Waals surface area contributed by atoms with E-state index in [9.17, 15) is 4.79 Å². The van der Waals surface area contributed by atoms with Gasteiger partial charge in [-0.05, 0) is 20.8 Å². The SMILES string of the molecule is CC(=O)N1N=C(C)CC1(C)C. The average molecular weight is 154 g/mol.